The predicted octanol–water partition coefficient (Wildman–Crippen LogP) is 2.45. The van der Waals surface area contributed by atoms with Crippen LogP contribution in [0.4, 0.5) is 0 Å². The first kappa shape index (κ1) is 21.1. The van der Waals surface area contributed by atoms with Gasteiger partial charge in [-0.05, 0) is 25.5 Å². The number of hydrogen-bond acceptors (Lipinski definition) is 6. The highest BCUT2D eigenvalue weighted by Gasteiger charge is 2.15. The summed E-state index contributed by atoms with van der Waals surface area (Å²) in [4.78, 5) is 10.0. The van der Waals surface area contributed by atoms with Crippen molar-refractivity contribution in [2.75, 3.05) is 19.6 Å². The van der Waals surface area contributed by atoms with Gasteiger partial charge in [-0.2, -0.15) is 0 Å². The third kappa shape index (κ3) is 6.51. The number of aromatic nitrogens is 1. The van der Waals surface area contributed by atoms with Crippen molar-refractivity contribution < 1.29 is 8.42 Å². The summed E-state index contributed by atoms with van der Waals surface area (Å²) in [5.74, 6) is 0.624. The number of aliphatic imine (C=N–C) groups is 1. The van der Waals surface area contributed by atoms with Crippen LogP contribution in [0.15, 0.2) is 27.5 Å². The molecule has 0 spiro atoms. The van der Waals surface area contributed by atoms with Crippen LogP contribution in [-0.4, -0.2) is 39.0 Å². The summed E-state index contributed by atoms with van der Waals surface area (Å²) in [5, 5.41) is 7.19. The van der Waals surface area contributed by atoms with Gasteiger partial charge in [0.25, 0.3) is 0 Å². The van der Waals surface area contributed by atoms with Gasteiger partial charge in [0.15, 0.2) is 5.96 Å². The third-order valence-corrected chi connectivity index (χ3v) is 7.50. The molecule has 0 aromatic carbocycles. The van der Waals surface area contributed by atoms with E-state index in [1.165, 1.54) is 10.9 Å². The van der Waals surface area contributed by atoms with E-state index in [0.29, 0.717) is 29.9 Å². The fraction of sp³-hybridized carbons (Fsp3) is 0.467. The van der Waals surface area contributed by atoms with Crippen molar-refractivity contribution in [1.29, 1.82) is 0 Å². The van der Waals surface area contributed by atoms with E-state index in [1.807, 2.05) is 13.1 Å². The lowest BCUT2D eigenvalue weighted by molar-refractivity contribution is 0.582. The number of nitrogens with zero attached hydrogens (tertiary/aromatic N) is 2. The predicted molar refractivity (Wildman–Crippen MR) is 109 cm³/mol. The minimum atomic E-state index is -3.53. The molecule has 26 heavy (non-hydrogen) atoms. The van der Waals surface area contributed by atoms with Gasteiger partial charge < -0.3 is 10.6 Å². The number of thiazole rings is 1. The van der Waals surface area contributed by atoms with Crippen molar-refractivity contribution in [2.24, 2.45) is 4.99 Å². The zero-order chi connectivity index (χ0) is 19.0. The molecule has 3 N–H and O–H groups in total. The topological polar surface area (TPSA) is 95.5 Å². The number of thiophene rings is 1. The zero-order valence-corrected chi connectivity index (χ0v) is 17.8. The van der Waals surface area contributed by atoms with Gasteiger partial charge in [-0.15, -0.1) is 22.7 Å². The minimum Gasteiger partial charge on any atom is -0.357 e. The van der Waals surface area contributed by atoms with Gasteiger partial charge >= 0.3 is 0 Å². The number of hydrogen-bond donors (Lipinski definition) is 3. The van der Waals surface area contributed by atoms with E-state index >= 15 is 0 Å². The Bertz CT molecular complexity index is 832. The molecule has 0 fully saturated rings. The smallest absolute Gasteiger partial charge is 0.250 e. The molecule has 2 aromatic rings. The highest BCUT2D eigenvalue weighted by molar-refractivity contribution is 7.91. The number of sulfonamides is 1. The fourth-order valence-electron chi connectivity index (χ4n) is 1.95. The van der Waals surface area contributed by atoms with E-state index in [4.69, 9.17) is 11.6 Å². The molecular formula is C15H22ClN5O2S3. The van der Waals surface area contributed by atoms with Crippen molar-refractivity contribution in [3.05, 3.63) is 32.6 Å². The molecule has 2 heterocycles. The molecule has 0 aliphatic heterocycles. The summed E-state index contributed by atoms with van der Waals surface area (Å²) >= 11 is 8.46. The Balaban J connectivity index is 1.83. The number of aryl methyl sites for hydroxylation is 1. The van der Waals surface area contributed by atoms with Gasteiger partial charge in [0.2, 0.25) is 10.0 Å². The van der Waals surface area contributed by atoms with Crippen LogP contribution >= 0.6 is 34.3 Å². The van der Waals surface area contributed by atoms with Crippen LogP contribution in [0.25, 0.3) is 0 Å². The standard InChI is InChI=1S/C15H22ClN5O2S3/c1-3-11-9-19-13(24-11)10-20-15(17-4-2)18-7-8-21-26(22,23)14-6-5-12(16)25-14/h5-6,9,21H,3-4,7-8,10H2,1-2H3,(H2,17,18,20). The molecule has 0 saturated carbocycles. The molecule has 11 heteroatoms. The van der Waals surface area contributed by atoms with Crippen LogP contribution in [0, 0.1) is 0 Å². The molecule has 0 aliphatic rings. The lowest BCUT2D eigenvalue weighted by atomic mass is 10.4. The van der Waals surface area contributed by atoms with E-state index in [1.54, 1.807) is 17.4 Å². The molecule has 0 saturated heterocycles. The quantitative estimate of drug-likeness (QED) is 0.319. The molecule has 0 bridgehead atoms. The Morgan fingerprint density at radius 2 is 2.04 bits per heavy atom. The second kappa shape index (κ2) is 10.2. The van der Waals surface area contributed by atoms with Crippen LogP contribution in [-0.2, 0) is 23.0 Å². The lowest BCUT2D eigenvalue weighted by Crippen LogP contribution is -2.41. The van der Waals surface area contributed by atoms with Gasteiger partial charge in [-0.1, -0.05) is 18.5 Å². The molecule has 144 valence electrons. The Kier molecular flexibility index (Phi) is 8.29. The summed E-state index contributed by atoms with van der Waals surface area (Å²) in [6, 6.07) is 3.06. The highest BCUT2D eigenvalue weighted by Crippen LogP contribution is 2.25. The van der Waals surface area contributed by atoms with E-state index < -0.39 is 10.0 Å². The van der Waals surface area contributed by atoms with Crippen LogP contribution in [0.3, 0.4) is 0 Å². The molecule has 2 rings (SSSR count). The van der Waals surface area contributed by atoms with Crippen LogP contribution in [0.5, 0.6) is 0 Å². The Hall–Kier alpha value is -1.20. The molecule has 0 radical (unpaired) electrons. The maximum Gasteiger partial charge on any atom is 0.250 e. The van der Waals surface area contributed by atoms with Crippen molar-refractivity contribution in [2.45, 2.75) is 31.0 Å². The first-order chi connectivity index (χ1) is 12.4. The maximum atomic E-state index is 12.1. The van der Waals surface area contributed by atoms with Crippen LogP contribution < -0.4 is 15.4 Å². The van der Waals surface area contributed by atoms with Crippen molar-refractivity contribution in [3.63, 3.8) is 0 Å². The van der Waals surface area contributed by atoms with Crippen molar-refractivity contribution in [3.8, 4) is 0 Å². The summed E-state index contributed by atoms with van der Waals surface area (Å²) in [6.07, 6.45) is 2.84. The fourth-order valence-corrected chi connectivity index (χ4v) is 5.30. The van der Waals surface area contributed by atoms with Gasteiger partial charge in [-0.25, -0.2) is 23.1 Å². The molecular weight excluding hydrogens is 414 g/mol. The Morgan fingerprint density at radius 1 is 1.23 bits per heavy atom. The Labute approximate surface area is 167 Å². The van der Waals surface area contributed by atoms with Gasteiger partial charge in [0, 0.05) is 30.7 Å². The number of nitrogens with one attached hydrogen (secondary N) is 3. The Morgan fingerprint density at radius 3 is 2.65 bits per heavy atom. The summed E-state index contributed by atoms with van der Waals surface area (Å²) in [5.41, 5.74) is 0. The molecule has 2 aromatic heterocycles. The third-order valence-electron chi connectivity index (χ3n) is 3.19. The van der Waals surface area contributed by atoms with Crippen molar-refractivity contribution in [1.82, 2.24) is 20.3 Å². The second-order valence-corrected chi connectivity index (χ2v) is 10.1. The van der Waals surface area contributed by atoms with E-state index in [9.17, 15) is 8.42 Å². The molecule has 0 unspecified atom stereocenters. The minimum absolute atomic E-state index is 0.207. The zero-order valence-electron chi connectivity index (χ0n) is 14.6. The normalized spacial score (nSPS) is 12.3. The average molecular weight is 436 g/mol. The summed E-state index contributed by atoms with van der Waals surface area (Å²) < 4.78 is 27.4. The highest BCUT2D eigenvalue weighted by atomic mass is 35.5. The first-order valence-electron chi connectivity index (χ1n) is 8.15. The lowest BCUT2D eigenvalue weighted by Gasteiger charge is -2.11. The van der Waals surface area contributed by atoms with E-state index in [0.717, 1.165) is 22.8 Å². The molecule has 0 amide bonds. The average Bonchev–Trinajstić information content (AvgIpc) is 3.25. The second-order valence-electron chi connectivity index (χ2n) is 5.15. The molecule has 0 aliphatic carbocycles. The van der Waals surface area contributed by atoms with Gasteiger partial charge in [-0.3, -0.25) is 0 Å². The monoisotopic (exact) mass is 435 g/mol. The number of guanidine groups is 1. The first-order valence-corrected chi connectivity index (χ1v) is 11.6. The summed E-state index contributed by atoms with van der Waals surface area (Å²) in [7, 11) is -3.53. The number of halogens is 1. The van der Waals surface area contributed by atoms with E-state index in [2.05, 4.69) is 32.3 Å². The maximum absolute atomic E-state index is 12.1. The van der Waals surface area contributed by atoms with Crippen LogP contribution in [0.2, 0.25) is 4.34 Å². The van der Waals surface area contributed by atoms with Crippen molar-refractivity contribution >= 4 is 50.3 Å². The van der Waals surface area contributed by atoms with Gasteiger partial charge in [0.1, 0.15) is 9.22 Å². The van der Waals surface area contributed by atoms with Gasteiger partial charge in [0.05, 0.1) is 10.9 Å². The molecule has 0 atom stereocenters. The van der Waals surface area contributed by atoms with E-state index in [-0.39, 0.29) is 10.8 Å². The SMILES string of the molecule is CCNC(=NCc1ncc(CC)s1)NCCNS(=O)(=O)c1ccc(Cl)s1. The van der Waals surface area contributed by atoms with Crippen LogP contribution in [0.1, 0.15) is 23.7 Å². The molecule has 7 nitrogen and oxygen atoms in total. The number of rotatable bonds is 9. The summed E-state index contributed by atoms with van der Waals surface area (Å²) in [6.45, 7) is 5.90. The largest absolute Gasteiger partial charge is 0.357 e.